The first-order valence-corrected chi connectivity index (χ1v) is 9.30. The van der Waals surface area contributed by atoms with Crippen molar-refractivity contribution >= 4 is 38.6 Å². The van der Waals surface area contributed by atoms with Crippen LogP contribution in [0.25, 0.3) is 10.8 Å². The molecule has 4 nitrogen and oxygen atoms in total. The van der Waals surface area contributed by atoms with Gasteiger partial charge in [-0.2, -0.15) is 0 Å². The molecule has 2 aliphatic rings. The lowest BCUT2D eigenvalue weighted by molar-refractivity contribution is -0.130. The molecule has 2 unspecified atom stereocenters. The number of carbonyl (C=O) groups is 2. The third-order valence-corrected chi connectivity index (χ3v) is 5.91. The lowest BCUT2D eigenvalue weighted by Crippen LogP contribution is -2.13. The van der Waals surface area contributed by atoms with E-state index >= 15 is 0 Å². The average molecular weight is 413 g/mol. The summed E-state index contributed by atoms with van der Waals surface area (Å²) in [6.45, 7) is 7.00. The molecule has 0 amide bonds. The van der Waals surface area contributed by atoms with E-state index in [0.29, 0.717) is 23.3 Å². The number of rotatable bonds is 4. The minimum absolute atomic E-state index is 0.306. The molecule has 0 saturated heterocycles. The summed E-state index contributed by atoms with van der Waals surface area (Å²) in [6, 6.07) is 5.63. The monoisotopic (exact) mass is 412 g/mol. The zero-order chi connectivity index (χ0) is 18.4. The molecule has 2 atom stereocenters. The Morgan fingerprint density at radius 2 is 1.58 bits per heavy atom. The van der Waals surface area contributed by atoms with Crippen LogP contribution in [0.15, 0.2) is 48.0 Å². The summed E-state index contributed by atoms with van der Waals surface area (Å²) in [7, 11) is 0. The number of esters is 2. The SMILES string of the molecule is C=CC(=O)Oc1c2c(c(OC(=O)C=C)c3c(Br)cccc13)C1CCC2C1. The normalized spacial score (nSPS) is 19.9. The maximum absolute atomic E-state index is 12.0. The Morgan fingerprint density at radius 1 is 1.00 bits per heavy atom. The van der Waals surface area contributed by atoms with E-state index in [2.05, 4.69) is 29.1 Å². The van der Waals surface area contributed by atoms with E-state index in [1.54, 1.807) is 0 Å². The van der Waals surface area contributed by atoms with Crippen LogP contribution in [-0.2, 0) is 9.59 Å². The molecule has 132 valence electrons. The smallest absolute Gasteiger partial charge is 0.335 e. The van der Waals surface area contributed by atoms with Crippen molar-refractivity contribution in [2.24, 2.45) is 0 Å². The lowest BCUT2D eigenvalue weighted by atomic mass is 9.87. The minimum Gasteiger partial charge on any atom is -0.422 e. The van der Waals surface area contributed by atoms with Crippen LogP contribution in [0, 0.1) is 0 Å². The molecular formula is C21H17BrO4. The van der Waals surface area contributed by atoms with Crippen LogP contribution in [0.2, 0.25) is 0 Å². The molecule has 0 N–H and O–H groups in total. The van der Waals surface area contributed by atoms with E-state index in [0.717, 1.165) is 57.8 Å². The van der Waals surface area contributed by atoms with E-state index in [1.165, 1.54) is 0 Å². The van der Waals surface area contributed by atoms with Gasteiger partial charge in [0.15, 0.2) is 0 Å². The van der Waals surface area contributed by atoms with E-state index < -0.39 is 11.9 Å². The first-order chi connectivity index (χ1) is 12.5. The van der Waals surface area contributed by atoms with E-state index in [-0.39, 0.29) is 0 Å². The Balaban J connectivity index is 2.08. The molecular weight excluding hydrogens is 396 g/mol. The second-order valence-corrected chi connectivity index (χ2v) is 7.46. The van der Waals surface area contributed by atoms with Crippen LogP contribution in [0.4, 0.5) is 0 Å². The molecule has 2 aromatic rings. The molecule has 0 aliphatic heterocycles. The van der Waals surface area contributed by atoms with E-state index in [1.807, 2.05) is 18.2 Å². The van der Waals surface area contributed by atoms with Crippen LogP contribution in [0.1, 0.15) is 42.2 Å². The summed E-state index contributed by atoms with van der Waals surface area (Å²) < 4.78 is 12.1. The van der Waals surface area contributed by atoms with Crippen molar-refractivity contribution in [2.75, 3.05) is 0 Å². The Morgan fingerprint density at radius 3 is 2.19 bits per heavy atom. The number of benzene rings is 2. The molecule has 4 rings (SSSR count). The van der Waals surface area contributed by atoms with Crippen molar-refractivity contribution in [2.45, 2.75) is 31.1 Å². The first-order valence-electron chi connectivity index (χ1n) is 8.51. The van der Waals surface area contributed by atoms with Crippen LogP contribution in [0.5, 0.6) is 11.5 Å². The lowest BCUT2D eigenvalue weighted by Gasteiger charge is -2.24. The molecule has 1 fully saturated rings. The maximum atomic E-state index is 12.0. The predicted octanol–water partition coefficient (Wildman–Crippen LogP) is 5.15. The Labute approximate surface area is 159 Å². The Kier molecular flexibility index (Phi) is 4.19. The van der Waals surface area contributed by atoms with E-state index in [9.17, 15) is 9.59 Å². The number of ether oxygens (including phenoxy) is 2. The number of fused-ring (bicyclic) bond motifs is 6. The van der Waals surface area contributed by atoms with Gasteiger partial charge < -0.3 is 9.47 Å². The van der Waals surface area contributed by atoms with Crippen molar-refractivity contribution in [1.29, 1.82) is 0 Å². The molecule has 0 heterocycles. The van der Waals surface area contributed by atoms with Gasteiger partial charge in [-0.05, 0) is 37.2 Å². The second-order valence-electron chi connectivity index (χ2n) is 6.61. The highest BCUT2D eigenvalue weighted by molar-refractivity contribution is 9.10. The van der Waals surface area contributed by atoms with Gasteiger partial charge in [0.2, 0.25) is 0 Å². The molecule has 2 aliphatic carbocycles. The molecule has 2 aromatic carbocycles. The van der Waals surface area contributed by atoms with Gasteiger partial charge in [0.25, 0.3) is 0 Å². The summed E-state index contributed by atoms with van der Waals surface area (Å²) >= 11 is 3.56. The maximum Gasteiger partial charge on any atom is 0.335 e. The van der Waals surface area contributed by atoms with Crippen LogP contribution < -0.4 is 9.47 Å². The fraction of sp³-hybridized carbons (Fsp3) is 0.238. The van der Waals surface area contributed by atoms with E-state index in [4.69, 9.17) is 9.47 Å². The van der Waals surface area contributed by atoms with Crippen molar-refractivity contribution in [3.63, 3.8) is 0 Å². The van der Waals surface area contributed by atoms with Gasteiger partial charge in [-0.1, -0.05) is 41.2 Å². The van der Waals surface area contributed by atoms with Gasteiger partial charge >= 0.3 is 11.9 Å². The zero-order valence-corrected chi connectivity index (χ0v) is 15.7. The topological polar surface area (TPSA) is 52.6 Å². The third-order valence-electron chi connectivity index (χ3n) is 5.25. The molecule has 26 heavy (non-hydrogen) atoms. The van der Waals surface area contributed by atoms with Gasteiger partial charge in [-0.15, -0.1) is 0 Å². The number of hydrogen-bond donors (Lipinski definition) is 0. The average Bonchev–Trinajstić information content (AvgIpc) is 3.25. The molecule has 0 radical (unpaired) electrons. The zero-order valence-electron chi connectivity index (χ0n) is 14.1. The summed E-state index contributed by atoms with van der Waals surface area (Å²) in [5, 5.41) is 1.48. The van der Waals surface area contributed by atoms with Crippen LogP contribution in [-0.4, -0.2) is 11.9 Å². The van der Waals surface area contributed by atoms with Crippen molar-refractivity contribution in [3.05, 3.63) is 59.1 Å². The fourth-order valence-corrected chi connectivity index (χ4v) is 4.83. The summed E-state index contributed by atoms with van der Waals surface area (Å²) in [6.07, 6.45) is 5.40. The van der Waals surface area contributed by atoms with Gasteiger partial charge in [0, 0.05) is 38.5 Å². The molecule has 0 spiro atoms. The fourth-order valence-electron chi connectivity index (χ4n) is 4.29. The molecule has 2 bridgehead atoms. The molecule has 5 heteroatoms. The van der Waals surface area contributed by atoms with Crippen molar-refractivity contribution in [1.82, 2.24) is 0 Å². The number of halogens is 1. The minimum atomic E-state index is -0.497. The van der Waals surface area contributed by atoms with Crippen LogP contribution >= 0.6 is 15.9 Å². The molecule has 1 saturated carbocycles. The molecule has 0 aromatic heterocycles. The van der Waals surface area contributed by atoms with Gasteiger partial charge in [-0.25, -0.2) is 9.59 Å². The number of hydrogen-bond acceptors (Lipinski definition) is 4. The van der Waals surface area contributed by atoms with Gasteiger partial charge in [0.1, 0.15) is 11.5 Å². The highest BCUT2D eigenvalue weighted by atomic mass is 79.9. The summed E-state index contributed by atoms with van der Waals surface area (Å²) in [5.74, 6) is 0.743. The van der Waals surface area contributed by atoms with Crippen molar-refractivity contribution in [3.8, 4) is 11.5 Å². The Bertz CT molecular complexity index is 976. The van der Waals surface area contributed by atoms with Crippen molar-refractivity contribution < 1.29 is 19.1 Å². The Hall–Kier alpha value is -2.40. The van der Waals surface area contributed by atoms with Gasteiger partial charge in [0.05, 0.1) is 0 Å². The third kappa shape index (κ3) is 2.50. The quantitative estimate of drug-likeness (QED) is 0.395. The van der Waals surface area contributed by atoms with Crippen LogP contribution in [0.3, 0.4) is 0 Å². The van der Waals surface area contributed by atoms with Gasteiger partial charge in [-0.3, -0.25) is 0 Å². The largest absolute Gasteiger partial charge is 0.422 e. The second kappa shape index (κ2) is 6.40. The highest BCUT2D eigenvalue weighted by Gasteiger charge is 2.43. The number of carbonyl (C=O) groups excluding carboxylic acids is 2. The first kappa shape index (κ1) is 17.0. The standard InChI is InChI=1S/C21H17BrO4/c1-3-15(23)25-20-13-6-5-7-14(22)19(13)21(26-16(24)4-2)18-12-9-8-11(10-12)17(18)20/h3-7,11-12H,1-2,8-10H2. The predicted molar refractivity (Wildman–Crippen MR) is 103 cm³/mol. The summed E-state index contributed by atoms with van der Waals surface area (Å²) in [5.41, 5.74) is 1.98. The highest BCUT2D eigenvalue weighted by Crippen LogP contribution is 2.61. The summed E-state index contributed by atoms with van der Waals surface area (Å²) in [4.78, 5) is 24.0.